The van der Waals surface area contributed by atoms with Crippen molar-refractivity contribution in [2.24, 2.45) is 0 Å². The van der Waals surface area contributed by atoms with Gasteiger partial charge in [0.1, 0.15) is 0 Å². The summed E-state index contributed by atoms with van der Waals surface area (Å²) in [6, 6.07) is 6.10. The van der Waals surface area contributed by atoms with Gasteiger partial charge in [-0.05, 0) is 38.8 Å². The number of carbonyl (C=O) groups is 1. The van der Waals surface area contributed by atoms with Gasteiger partial charge in [-0.15, -0.1) is 0 Å². The van der Waals surface area contributed by atoms with E-state index in [2.05, 4.69) is 0 Å². The monoisotopic (exact) mass is 311 g/mol. The zero-order valence-electron chi connectivity index (χ0n) is 12.4. The molecule has 0 bridgehead atoms. The summed E-state index contributed by atoms with van der Waals surface area (Å²) in [5.41, 5.74) is 0.514. The third-order valence-electron chi connectivity index (χ3n) is 3.64. The fraction of sp³-hybridized carbons (Fsp3) is 0.533. The van der Waals surface area contributed by atoms with Crippen molar-refractivity contribution in [1.29, 1.82) is 0 Å². The molecular weight excluding hydrogens is 290 g/mol. The van der Waals surface area contributed by atoms with E-state index in [-0.39, 0.29) is 16.8 Å². The molecule has 1 atom stereocenters. The number of rotatable bonds is 5. The number of ether oxygens (including phenoxy) is 1. The lowest BCUT2D eigenvalue weighted by Gasteiger charge is -2.31. The summed E-state index contributed by atoms with van der Waals surface area (Å²) >= 11 is 0. The van der Waals surface area contributed by atoms with E-state index in [0.717, 1.165) is 12.8 Å². The van der Waals surface area contributed by atoms with Gasteiger partial charge in [0, 0.05) is 25.3 Å². The molecule has 1 aromatic rings. The van der Waals surface area contributed by atoms with Crippen LogP contribution in [0.4, 0.5) is 0 Å². The molecule has 0 N–H and O–H groups in total. The Morgan fingerprint density at radius 3 is 2.57 bits per heavy atom. The average molecular weight is 311 g/mol. The minimum Gasteiger partial charge on any atom is -0.377 e. The lowest BCUT2D eigenvalue weighted by atomic mass is 10.1. The number of carbonyl (C=O) groups excluding carboxylic acids is 1. The van der Waals surface area contributed by atoms with Gasteiger partial charge in [0.2, 0.25) is 10.0 Å². The van der Waals surface area contributed by atoms with Crippen LogP contribution in [0.15, 0.2) is 29.2 Å². The van der Waals surface area contributed by atoms with Crippen LogP contribution in [0.5, 0.6) is 0 Å². The van der Waals surface area contributed by atoms with Crippen LogP contribution in [0.25, 0.3) is 0 Å². The van der Waals surface area contributed by atoms with Crippen molar-refractivity contribution in [2.75, 3.05) is 19.7 Å². The van der Waals surface area contributed by atoms with Crippen molar-refractivity contribution < 1.29 is 17.9 Å². The Kier molecular flexibility index (Phi) is 5.13. The largest absolute Gasteiger partial charge is 0.377 e. The molecule has 0 aromatic heterocycles. The smallest absolute Gasteiger partial charge is 0.243 e. The fourth-order valence-corrected chi connectivity index (χ4v) is 4.02. The normalized spacial score (nSPS) is 20.4. The highest BCUT2D eigenvalue weighted by molar-refractivity contribution is 7.89. The van der Waals surface area contributed by atoms with Crippen LogP contribution >= 0.6 is 0 Å². The number of piperidine rings is 1. The molecule has 0 saturated carbocycles. The lowest BCUT2D eigenvalue weighted by molar-refractivity contribution is 0.0265. The molecule has 2 rings (SSSR count). The van der Waals surface area contributed by atoms with E-state index in [1.54, 1.807) is 12.1 Å². The molecule has 0 aliphatic carbocycles. The zero-order chi connectivity index (χ0) is 15.5. The van der Waals surface area contributed by atoms with Crippen molar-refractivity contribution in [3.63, 3.8) is 0 Å². The molecule has 0 spiro atoms. The maximum absolute atomic E-state index is 12.6. The minimum absolute atomic E-state index is 0.0324. The van der Waals surface area contributed by atoms with Gasteiger partial charge in [0.15, 0.2) is 5.78 Å². The van der Waals surface area contributed by atoms with Crippen LogP contribution in [-0.2, 0) is 14.8 Å². The Bertz CT molecular complexity index is 593. The maximum atomic E-state index is 12.6. The van der Waals surface area contributed by atoms with E-state index in [9.17, 15) is 13.2 Å². The molecule has 21 heavy (non-hydrogen) atoms. The fourth-order valence-electron chi connectivity index (χ4n) is 2.51. The SMILES string of the molecule is CCOC1CCCN(S(=O)(=O)c2ccc(C(C)=O)cc2)C1. The van der Waals surface area contributed by atoms with Gasteiger partial charge in [-0.3, -0.25) is 4.79 Å². The molecular formula is C15H21NO4S. The molecule has 1 aliphatic heterocycles. The van der Waals surface area contributed by atoms with Crippen molar-refractivity contribution in [3.8, 4) is 0 Å². The summed E-state index contributed by atoms with van der Waals surface area (Å²) in [5.74, 6) is -0.0756. The van der Waals surface area contributed by atoms with E-state index in [4.69, 9.17) is 4.74 Å². The van der Waals surface area contributed by atoms with Crippen LogP contribution in [0, 0.1) is 0 Å². The molecule has 6 heteroatoms. The van der Waals surface area contributed by atoms with Gasteiger partial charge in [-0.1, -0.05) is 12.1 Å². The number of Topliss-reactive ketones (excluding diaryl/α,β-unsaturated/α-hetero) is 1. The number of benzene rings is 1. The van der Waals surface area contributed by atoms with Gasteiger partial charge in [0.25, 0.3) is 0 Å². The second kappa shape index (κ2) is 6.68. The Labute approximate surface area is 126 Å². The third-order valence-corrected chi connectivity index (χ3v) is 5.52. The predicted molar refractivity (Wildman–Crippen MR) is 79.9 cm³/mol. The quantitative estimate of drug-likeness (QED) is 0.781. The number of sulfonamides is 1. The summed E-state index contributed by atoms with van der Waals surface area (Å²) in [6.45, 7) is 4.87. The van der Waals surface area contributed by atoms with Gasteiger partial charge < -0.3 is 4.74 Å². The van der Waals surface area contributed by atoms with Crippen LogP contribution in [0.1, 0.15) is 37.0 Å². The van der Waals surface area contributed by atoms with Gasteiger partial charge in [-0.25, -0.2) is 8.42 Å². The average Bonchev–Trinajstić information content (AvgIpc) is 2.48. The van der Waals surface area contributed by atoms with Crippen LogP contribution < -0.4 is 0 Å². The number of hydrogen-bond acceptors (Lipinski definition) is 4. The first kappa shape index (κ1) is 16.1. The Morgan fingerprint density at radius 1 is 1.33 bits per heavy atom. The summed E-state index contributed by atoms with van der Waals surface area (Å²) in [7, 11) is -3.51. The Morgan fingerprint density at radius 2 is 2.00 bits per heavy atom. The van der Waals surface area contributed by atoms with Gasteiger partial charge in [-0.2, -0.15) is 4.31 Å². The molecule has 0 amide bonds. The first-order valence-electron chi connectivity index (χ1n) is 7.18. The molecule has 1 aromatic carbocycles. The summed E-state index contributed by atoms with van der Waals surface area (Å²) in [5, 5.41) is 0. The predicted octanol–water partition coefficient (Wildman–Crippen LogP) is 2.08. The van der Waals surface area contributed by atoms with Crippen molar-refractivity contribution in [1.82, 2.24) is 4.31 Å². The van der Waals surface area contributed by atoms with E-state index >= 15 is 0 Å². The number of ketones is 1. The summed E-state index contributed by atoms with van der Waals surface area (Å²) in [4.78, 5) is 11.5. The van der Waals surface area contributed by atoms with Crippen LogP contribution in [-0.4, -0.2) is 44.3 Å². The molecule has 5 nitrogen and oxygen atoms in total. The molecule has 1 aliphatic rings. The second-order valence-corrected chi connectivity index (χ2v) is 7.10. The van der Waals surface area contributed by atoms with Crippen LogP contribution in [0.3, 0.4) is 0 Å². The second-order valence-electron chi connectivity index (χ2n) is 5.16. The molecule has 116 valence electrons. The zero-order valence-corrected chi connectivity index (χ0v) is 13.2. The molecule has 1 fully saturated rings. The molecule has 1 unspecified atom stereocenters. The van der Waals surface area contributed by atoms with E-state index in [1.165, 1.54) is 23.4 Å². The summed E-state index contributed by atoms with van der Waals surface area (Å²) < 4.78 is 32.2. The van der Waals surface area contributed by atoms with Crippen molar-refractivity contribution in [3.05, 3.63) is 29.8 Å². The van der Waals surface area contributed by atoms with Gasteiger partial charge in [0.05, 0.1) is 11.0 Å². The van der Waals surface area contributed by atoms with E-state index in [1.807, 2.05) is 6.92 Å². The molecule has 0 radical (unpaired) electrons. The van der Waals surface area contributed by atoms with E-state index in [0.29, 0.717) is 25.3 Å². The van der Waals surface area contributed by atoms with Crippen molar-refractivity contribution in [2.45, 2.75) is 37.7 Å². The minimum atomic E-state index is -3.51. The maximum Gasteiger partial charge on any atom is 0.243 e. The highest BCUT2D eigenvalue weighted by Gasteiger charge is 2.30. The Hall–Kier alpha value is -1.24. The van der Waals surface area contributed by atoms with Gasteiger partial charge >= 0.3 is 0 Å². The summed E-state index contributed by atoms with van der Waals surface area (Å²) in [6.07, 6.45) is 1.66. The Balaban J connectivity index is 2.18. The highest BCUT2D eigenvalue weighted by Crippen LogP contribution is 2.22. The topological polar surface area (TPSA) is 63.7 Å². The van der Waals surface area contributed by atoms with Crippen LogP contribution in [0.2, 0.25) is 0 Å². The third kappa shape index (κ3) is 3.70. The number of nitrogens with zero attached hydrogens (tertiary/aromatic N) is 1. The lowest BCUT2D eigenvalue weighted by Crippen LogP contribution is -2.43. The highest BCUT2D eigenvalue weighted by atomic mass is 32.2. The first-order chi connectivity index (χ1) is 9.95. The first-order valence-corrected chi connectivity index (χ1v) is 8.62. The van der Waals surface area contributed by atoms with Crippen molar-refractivity contribution >= 4 is 15.8 Å². The van der Waals surface area contributed by atoms with E-state index < -0.39 is 10.0 Å². The standard InChI is InChI=1S/C15H21NO4S/c1-3-20-14-5-4-10-16(11-14)21(18,19)15-8-6-13(7-9-15)12(2)17/h6-9,14H,3-5,10-11H2,1-2H3. The molecule has 1 saturated heterocycles. The number of hydrogen-bond donors (Lipinski definition) is 0. The molecule has 1 heterocycles.